The van der Waals surface area contributed by atoms with Crippen molar-refractivity contribution < 1.29 is 33.1 Å². The molecular weight excluding hydrogens is 621 g/mol. The Balaban J connectivity index is 0.00000107. The molecule has 0 aliphatic carbocycles. The van der Waals surface area contributed by atoms with Gasteiger partial charge in [0, 0.05) is 12.6 Å². The van der Waals surface area contributed by atoms with Crippen molar-refractivity contribution in [1.29, 1.82) is 0 Å². The highest BCUT2D eigenvalue weighted by Gasteiger charge is 2.44. The molecule has 0 spiro atoms. The van der Waals surface area contributed by atoms with Crippen molar-refractivity contribution in [3.05, 3.63) is 115 Å². The Morgan fingerprint density at radius 2 is 1.09 bits per heavy atom. The average molecular weight is 665 g/mol. The van der Waals surface area contributed by atoms with E-state index >= 15 is 0 Å². The molecule has 0 saturated heterocycles. The smallest absolute Gasteiger partial charge is 0.261 e. The molecule has 0 atom stereocenters. The second kappa shape index (κ2) is 18.1. The summed E-state index contributed by atoms with van der Waals surface area (Å²) in [5, 5.41) is 35.7. The summed E-state index contributed by atoms with van der Waals surface area (Å²) in [6.07, 6.45) is 11.3. The first-order valence-electron chi connectivity index (χ1n) is 15.2. The van der Waals surface area contributed by atoms with Gasteiger partial charge in [-0.15, -0.1) is 0 Å². The van der Waals surface area contributed by atoms with Gasteiger partial charge >= 0.3 is 0 Å². The minimum Gasteiger partial charge on any atom is -0.504 e. The molecule has 4 aromatic carbocycles. The van der Waals surface area contributed by atoms with E-state index in [4.69, 9.17) is 4.55 Å². The van der Waals surface area contributed by atoms with Gasteiger partial charge in [0.25, 0.3) is 10.1 Å². The number of rotatable bonds is 14. The molecule has 0 bridgehead atoms. The molecule has 244 valence electrons. The minimum absolute atomic E-state index is 0.236. The van der Waals surface area contributed by atoms with E-state index < -0.39 is 34.6 Å². The highest BCUT2D eigenvalue weighted by molar-refractivity contribution is 7.95. The van der Waals surface area contributed by atoms with Crippen LogP contribution >= 0.6 is 7.26 Å². The third kappa shape index (κ3) is 11.6. The van der Waals surface area contributed by atoms with E-state index in [1.54, 1.807) is 0 Å². The SMILES string of the molecule is CS(=O)(=O)O.O=C(/C=C/c1cc(O)c(O)c(O)c1)NCCCCCCCC[P+](c1ccccc1)(c1ccccc1)c1ccccc1. The molecular formula is C36H43NO7PS+. The van der Waals surface area contributed by atoms with Gasteiger partial charge in [0.1, 0.15) is 23.2 Å². The van der Waals surface area contributed by atoms with Crippen molar-refractivity contribution in [3.63, 3.8) is 0 Å². The second-order valence-electron chi connectivity index (χ2n) is 10.9. The van der Waals surface area contributed by atoms with E-state index in [2.05, 4.69) is 96.3 Å². The Bertz CT molecular complexity index is 1520. The molecule has 0 radical (unpaired) electrons. The first kappa shape index (κ1) is 36.3. The zero-order chi connectivity index (χ0) is 33.4. The summed E-state index contributed by atoms with van der Waals surface area (Å²) >= 11 is 0. The highest BCUT2D eigenvalue weighted by Crippen LogP contribution is 2.56. The van der Waals surface area contributed by atoms with Crippen LogP contribution in [0.4, 0.5) is 0 Å². The number of phenolic OH excluding ortho intramolecular Hbond substituents is 3. The lowest BCUT2D eigenvalue weighted by atomic mass is 10.1. The van der Waals surface area contributed by atoms with Crippen molar-refractivity contribution in [2.24, 2.45) is 0 Å². The predicted molar refractivity (Wildman–Crippen MR) is 189 cm³/mol. The van der Waals surface area contributed by atoms with Crippen molar-refractivity contribution in [3.8, 4) is 17.2 Å². The van der Waals surface area contributed by atoms with Gasteiger partial charge in [0.2, 0.25) is 5.91 Å². The minimum atomic E-state index is -3.67. The van der Waals surface area contributed by atoms with Crippen LogP contribution < -0.4 is 21.2 Å². The van der Waals surface area contributed by atoms with Crippen LogP contribution in [0.25, 0.3) is 6.08 Å². The zero-order valence-electron chi connectivity index (χ0n) is 26.0. The van der Waals surface area contributed by atoms with Crippen molar-refractivity contribution in [2.75, 3.05) is 19.0 Å². The summed E-state index contributed by atoms with van der Waals surface area (Å²) < 4.78 is 25.9. The fraction of sp³-hybridized carbons (Fsp3) is 0.250. The Hall–Kier alpha value is -4.17. The quantitative estimate of drug-likeness (QED) is 0.0379. The third-order valence-electron chi connectivity index (χ3n) is 7.33. The number of hydrogen-bond acceptors (Lipinski definition) is 6. The number of aromatic hydroxyl groups is 3. The summed E-state index contributed by atoms with van der Waals surface area (Å²) in [5.74, 6) is -1.67. The summed E-state index contributed by atoms with van der Waals surface area (Å²) in [5.41, 5.74) is 0.422. The predicted octanol–water partition coefficient (Wildman–Crippen LogP) is 5.77. The van der Waals surface area contributed by atoms with Gasteiger partial charge in [-0.1, -0.05) is 73.9 Å². The number of amides is 1. The fourth-order valence-electron chi connectivity index (χ4n) is 5.23. The van der Waals surface area contributed by atoms with Crippen molar-refractivity contribution in [2.45, 2.75) is 38.5 Å². The van der Waals surface area contributed by atoms with Gasteiger partial charge < -0.3 is 20.6 Å². The van der Waals surface area contributed by atoms with E-state index in [1.807, 2.05) is 0 Å². The van der Waals surface area contributed by atoms with Crippen LogP contribution in [0.5, 0.6) is 17.2 Å². The number of carbonyl (C=O) groups is 1. The monoisotopic (exact) mass is 664 g/mol. The molecule has 8 nitrogen and oxygen atoms in total. The van der Waals surface area contributed by atoms with E-state index in [9.17, 15) is 28.5 Å². The lowest BCUT2D eigenvalue weighted by Gasteiger charge is -2.27. The van der Waals surface area contributed by atoms with E-state index in [1.165, 1.54) is 53.0 Å². The number of phenols is 3. The number of benzene rings is 4. The number of nitrogens with one attached hydrogen (secondary N) is 1. The maximum atomic E-state index is 12.1. The topological polar surface area (TPSA) is 144 Å². The van der Waals surface area contributed by atoms with Crippen LogP contribution in [0.2, 0.25) is 0 Å². The number of carbonyl (C=O) groups excluding carboxylic acids is 1. The summed E-state index contributed by atoms with van der Waals surface area (Å²) in [6, 6.07) is 35.6. The Kier molecular flexibility index (Phi) is 14.3. The maximum absolute atomic E-state index is 12.1. The van der Waals surface area contributed by atoms with Gasteiger partial charge in [0.15, 0.2) is 17.2 Å². The Morgan fingerprint density at radius 3 is 1.52 bits per heavy atom. The lowest BCUT2D eigenvalue weighted by Crippen LogP contribution is -2.33. The van der Waals surface area contributed by atoms with Crippen LogP contribution in [0.3, 0.4) is 0 Å². The zero-order valence-corrected chi connectivity index (χ0v) is 27.7. The van der Waals surface area contributed by atoms with Gasteiger partial charge in [-0.25, -0.2) is 0 Å². The molecule has 1 amide bonds. The van der Waals surface area contributed by atoms with Crippen molar-refractivity contribution >= 4 is 45.3 Å². The van der Waals surface area contributed by atoms with E-state index in [0.29, 0.717) is 18.4 Å². The molecule has 0 heterocycles. The van der Waals surface area contributed by atoms with E-state index in [-0.39, 0.29) is 5.91 Å². The van der Waals surface area contributed by atoms with E-state index in [0.717, 1.165) is 31.8 Å². The lowest BCUT2D eigenvalue weighted by molar-refractivity contribution is -0.116. The molecule has 4 aromatic rings. The van der Waals surface area contributed by atoms with Crippen LogP contribution in [-0.2, 0) is 14.9 Å². The molecule has 0 saturated carbocycles. The number of unbranched alkanes of at least 4 members (excludes halogenated alkanes) is 5. The number of hydrogen-bond donors (Lipinski definition) is 5. The molecule has 4 rings (SSSR count). The fourth-order valence-corrected chi connectivity index (χ4v) is 9.64. The second-order valence-corrected chi connectivity index (χ2v) is 16.0. The molecule has 0 fully saturated rings. The van der Waals surface area contributed by atoms with Crippen molar-refractivity contribution in [1.82, 2.24) is 5.32 Å². The van der Waals surface area contributed by atoms with Crippen LogP contribution in [-0.4, -0.2) is 53.2 Å². The summed E-state index contributed by atoms with van der Waals surface area (Å²) in [7, 11) is -5.43. The van der Waals surface area contributed by atoms with Gasteiger partial charge in [-0.05, 0) is 79.4 Å². The molecule has 0 aliphatic heterocycles. The largest absolute Gasteiger partial charge is 0.504 e. The normalized spacial score (nSPS) is 11.5. The Morgan fingerprint density at radius 1 is 0.696 bits per heavy atom. The summed E-state index contributed by atoms with van der Waals surface area (Å²) in [4.78, 5) is 12.1. The maximum Gasteiger partial charge on any atom is 0.261 e. The van der Waals surface area contributed by atoms with Gasteiger partial charge in [-0.3, -0.25) is 9.35 Å². The average Bonchev–Trinajstić information content (AvgIpc) is 3.04. The molecule has 46 heavy (non-hydrogen) atoms. The molecule has 5 N–H and O–H groups in total. The first-order chi connectivity index (χ1) is 22.0. The van der Waals surface area contributed by atoms with Crippen LogP contribution in [0, 0.1) is 0 Å². The van der Waals surface area contributed by atoms with Gasteiger partial charge in [0.05, 0.1) is 12.4 Å². The standard InChI is InChI=1S/C35H38NO4P.CH4O3S/c37-32-26-28(27-33(38)35(32)40)22-23-34(39)36-24-14-3-1-2-4-15-25-41(29-16-8-5-9-17-29,30-18-10-6-11-19-30)31-20-12-7-13-21-31;1-5(2,3)4/h5-13,16-23,26-27H,1-4,14-15,24-25H2,(H3-,36,37,38,39,40);1H3,(H,2,3,4)/p+1. The molecule has 0 aliphatic rings. The third-order valence-corrected chi connectivity index (χ3v) is 11.9. The Labute approximate surface area is 272 Å². The van der Waals surface area contributed by atoms with Crippen LogP contribution in [0.1, 0.15) is 44.1 Å². The first-order valence-corrected chi connectivity index (χ1v) is 19.0. The summed E-state index contributed by atoms with van der Waals surface area (Å²) in [6.45, 7) is 0.597. The highest BCUT2D eigenvalue weighted by atomic mass is 32.2. The molecule has 10 heteroatoms. The van der Waals surface area contributed by atoms with Gasteiger partial charge in [-0.2, -0.15) is 8.42 Å². The van der Waals surface area contributed by atoms with Crippen LogP contribution in [0.15, 0.2) is 109 Å². The molecule has 0 aromatic heterocycles. The molecule has 0 unspecified atom stereocenters.